The van der Waals surface area contributed by atoms with Crippen LogP contribution in [0.2, 0.25) is 0 Å². The molecule has 3 rings (SSSR count). The van der Waals surface area contributed by atoms with E-state index in [2.05, 4.69) is 37.7 Å². The van der Waals surface area contributed by atoms with Gasteiger partial charge in [-0.15, -0.1) is 0 Å². The van der Waals surface area contributed by atoms with E-state index in [1.807, 2.05) is 12.1 Å². The smallest absolute Gasteiger partial charge is 0.169 e. The minimum atomic E-state index is 0.507. The molecule has 0 radical (unpaired) electrons. The van der Waals surface area contributed by atoms with Gasteiger partial charge >= 0.3 is 0 Å². The fourth-order valence-corrected chi connectivity index (χ4v) is 2.28. The summed E-state index contributed by atoms with van der Waals surface area (Å²) in [7, 11) is 2.12. The first kappa shape index (κ1) is 14.6. The second-order valence-electron chi connectivity index (χ2n) is 5.32. The molecule has 0 amide bonds. The Bertz CT molecular complexity index is 593. The molecular formula is C14H21N7O. The van der Waals surface area contributed by atoms with E-state index in [0.717, 1.165) is 31.9 Å². The summed E-state index contributed by atoms with van der Waals surface area (Å²) in [4.78, 5) is 10.7. The van der Waals surface area contributed by atoms with Crippen LogP contribution in [0.25, 0.3) is 0 Å². The summed E-state index contributed by atoms with van der Waals surface area (Å²) in [6, 6.07) is 3.74. The molecule has 22 heavy (non-hydrogen) atoms. The predicted molar refractivity (Wildman–Crippen MR) is 85.2 cm³/mol. The Hall–Kier alpha value is -2.32. The lowest BCUT2D eigenvalue weighted by Crippen LogP contribution is -2.47. The molecule has 0 aromatic carbocycles. The maximum atomic E-state index is 6.15. The van der Waals surface area contributed by atoms with Crippen molar-refractivity contribution in [2.24, 2.45) is 0 Å². The quantitative estimate of drug-likeness (QED) is 0.748. The third-order valence-corrected chi connectivity index (χ3v) is 3.66. The van der Waals surface area contributed by atoms with Crippen molar-refractivity contribution in [2.75, 3.05) is 49.7 Å². The Balaban J connectivity index is 1.63. The number of hydrazine groups is 1. The van der Waals surface area contributed by atoms with Gasteiger partial charge in [0.25, 0.3) is 0 Å². The van der Waals surface area contributed by atoms with Gasteiger partial charge in [-0.05, 0) is 19.2 Å². The largest absolute Gasteiger partial charge is 0.467 e. The molecule has 4 N–H and O–H groups in total. The highest BCUT2D eigenvalue weighted by atomic mass is 16.3. The minimum absolute atomic E-state index is 0.507. The lowest BCUT2D eigenvalue weighted by Gasteiger charge is -2.32. The summed E-state index contributed by atoms with van der Waals surface area (Å²) in [6.07, 6.45) is 3.14. The lowest BCUT2D eigenvalue weighted by atomic mass is 10.4. The molecular weight excluding hydrogens is 282 g/mol. The third-order valence-electron chi connectivity index (χ3n) is 3.66. The van der Waals surface area contributed by atoms with Gasteiger partial charge in [0.15, 0.2) is 11.6 Å². The predicted octanol–water partition coefficient (Wildman–Crippen LogP) is 0.838. The number of furan rings is 1. The van der Waals surface area contributed by atoms with Gasteiger partial charge in [-0.25, -0.2) is 15.0 Å². The molecule has 2 aromatic heterocycles. The van der Waals surface area contributed by atoms with Crippen LogP contribution in [-0.2, 0) is 6.54 Å². The molecule has 3 heterocycles. The van der Waals surface area contributed by atoms with Gasteiger partial charge in [0.2, 0.25) is 0 Å². The van der Waals surface area contributed by atoms with Crippen molar-refractivity contribution >= 4 is 17.3 Å². The average Bonchev–Trinajstić information content (AvgIpc) is 3.04. The van der Waals surface area contributed by atoms with E-state index in [4.69, 9.17) is 10.2 Å². The maximum Gasteiger partial charge on any atom is 0.169 e. The van der Waals surface area contributed by atoms with Crippen molar-refractivity contribution in [3.05, 3.63) is 30.5 Å². The number of piperazine rings is 1. The second-order valence-corrected chi connectivity index (χ2v) is 5.32. The van der Waals surface area contributed by atoms with Crippen LogP contribution < -0.4 is 16.5 Å². The molecule has 1 aliphatic heterocycles. The molecule has 118 valence electrons. The average molecular weight is 303 g/mol. The molecule has 0 bridgehead atoms. The number of likely N-dealkylation sites (N-methyl/N-ethyl adjacent to an activating group) is 1. The molecule has 1 saturated heterocycles. The topological polar surface area (TPSA) is 95.5 Å². The van der Waals surface area contributed by atoms with Crippen LogP contribution in [0.4, 0.5) is 17.3 Å². The zero-order valence-corrected chi connectivity index (χ0v) is 12.6. The van der Waals surface area contributed by atoms with E-state index in [1.54, 1.807) is 6.26 Å². The van der Waals surface area contributed by atoms with E-state index in [1.165, 1.54) is 6.33 Å². The minimum Gasteiger partial charge on any atom is -0.467 e. The van der Waals surface area contributed by atoms with Crippen LogP contribution in [0.3, 0.4) is 0 Å². The molecule has 2 aromatic rings. The van der Waals surface area contributed by atoms with E-state index in [-0.39, 0.29) is 0 Å². The highest BCUT2D eigenvalue weighted by molar-refractivity contribution is 5.73. The fourth-order valence-electron chi connectivity index (χ4n) is 2.28. The highest BCUT2D eigenvalue weighted by Crippen LogP contribution is 2.23. The first-order valence-corrected chi connectivity index (χ1v) is 7.29. The van der Waals surface area contributed by atoms with Gasteiger partial charge in [0.05, 0.1) is 12.8 Å². The van der Waals surface area contributed by atoms with E-state index in [0.29, 0.717) is 23.9 Å². The molecule has 0 spiro atoms. The molecule has 0 atom stereocenters. The van der Waals surface area contributed by atoms with Crippen LogP contribution in [0, 0.1) is 0 Å². The third kappa shape index (κ3) is 3.46. The zero-order valence-electron chi connectivity index (χ0n) is 12.6. The Labute approximate surface area is 129 Å². The number of anilines is 3. The Morgan fingerprint density at radius 3 is 2.73 bits per heavy atom. The summed E-state index contributed by atoms with van der Waals surface area (Å²) in [5, 5.41) is 5.28. The summed E-state index contributed by atoms with van der Waals surface area (Å²) in [5.74, 6) is 2.05. The molecule has 1 aliphatic rings. The Kier molecular flexibility index (Phi) is 4.40. The van der Waals surface area contributed by atoms with Crippen molar-refractivity contribution in [3.8, 4) is 0 Å². The SMILES string of the molecule is CN1CCN(Nc2ncnc(NCc3ccco3)c2N)CC1. The molecule has 0 saturated carbocycles. The van der Waals surface area contributed by atoms with Gasteiger partial charge < -0.3 is 25.8 Å². The fraction of sp³-hybridized carbons (Fsp3) is 0.429. The van der Waals surface area contributed by atoms with E-state index >= 15 is 0 Å². The van der Waals surface area contributed by atoms with Crippen molar-refractivity contribution in [2.45, 2.75) is 6.54 Å². The number of nitrogens with two attached hydrogens (primary N) is 1. The Morgan fingerprint density at radius 1 is 1.23 bits per heavy atom. The first-order chi connectivity index (χ1) is 10.7. The number of nitrogen functional groups attached to an aromatic ring is 1. The number of rotatable bonds is 5. The molecule has 8 heteroatoms. The molecule has 0 aliphatic carbocycles. The van der Waals surface area contributed by atoms with Gasteiger partial charge in [-0.1, -0.05) is 0 Å². The first-order valence-electron chi connectivity index (χ1n) is 7.29. The summed E-state index contributed by atoms with van der Waals surface area (Å²) < 4.78 is 5.28. The summed E-state index contributed by atoms with van der Waals surface area (Å²) in [5.41, 5.74) is 9.93. The second kappa shape index (κ2) is 6.63. The van der Waals surface area contributed by atoms with Crippen LogP contribution >= 0.6 is 0 Å². The van der Waals surface area contributed by atoms with E-state index in [9.17, 15) is 0 Å². The van der Waals surface area contributed by atoms with Gasteiger partial charge in [0, 0.05) is 26.2 Å². The standard InChI is InChI=1S/C14H21N7O/c1-20-4-6-21(7-5-20)19-14-12(15)13(17-10-18-14)16-9-11-3-2-8-22-11/h2-3,8,10H,4-7,9,15H2,1H3,(H2,16,17,18,19). The number of hydrogen-bond donors (Lipinski definition) is 3. The van der Waals surface area contributed by atoms with Crippen molar-refractivity contribution in [3.63, 3.8) is 0 Å². The highest BCUT2D eigenvalue weighted by Gasteiger charge is 2.16. The van der Waals surface area contributed by atoms with Crippen LogP contribution in [0.15, 0.2) is 29.1 Å². The van der Waals surface area contributed by atoms with Gasteiger partial charge in [-0.2, -0.15) is 0 Å². The molecule has 1 fully saturated rings. The monoisotopic (exact) mass is 303 g/mol. The van der Waals surface area contributed by atoms with Crippen LogP contribution in [0.5, 0.6) is 0 Å². The maximum absolute atomic E-state index is 6.15. The number of aromatic nitrogens is 2. The number of hydrogen-bond acceptors (Lipinski definition) is 8. The van der Waals surface area contributed by atoms with Gasteiger partial charge in [-0.3, -0.25) is 0 Å². The Morgan fingerprint density at radius 2 is 2.00 bits per heavy atom. The summed E-state index contributed by atoms with van der Waals surface area (Å²) >= 11 is 0. The van der Waals surface area contributed by atoms with Crippen molar-refractivity contribution < 1.29 is 4.42 Å². The molecule has 8 nitrogen and oxygen atoms in total. The number of nitrogens with one attached hydrogen (secondary N) is 2. The van der Waals surface area contributed by atoms with Crippen molar-refractivity contribution in [1.29, 1.82) is 0 Å². The summed E-state index contributed by atoms with van der Waals surface area (Å²) in [6.45, 7) is 4.41. The normalized spacial score (nSPS) is 16.6. The number of nitrogens with zero attached hydrogens (tertiary/aromatic N) is 4. The van der Waals surface area contributed by atoms with Crippen LogP contribution in [-0.4, -0.2) is 53.1 Å². The zero-order chi connectivity index (χ0) is 15.4. The molecule has 0 unspecified atom stereocenters. The lowest BCUT2D eigenvalue weighted by molar-refractivity contribution is 0.178. The van der Waals surface area contributed by atoms with Crippen molar-refractivity contribution in [1.82, 2.24) is 19.9 Å². The van der Waals surface area contributed by atoms with Crippen LogP contribution in [0.1, 0.15) is 5.76 Å². The van der Waals surface area contributed by atoms with Gasteiger partial charge in [0.1, 0.15) is 17.8 Å². The van der Waals surface area contributed by atoms with E-state index < -0.39 is 0 Å².